The van der Waals surface area contributed by atoms with Crippen molar-refractivity contribution in [2.45, 2.75) is 6.92 Å². The van der Waals surface area contributed by atoms with Gasteiger partial charge in [0.1, 0.15) is 11.9 Å². The molecule has 0 spiro atoms. The summed E-state index contributed by atoms with van der Waals surface area (Å²) in [5.74, 6) is 1.34. The van der Waals surface area contributed by atoms with Crippen molar-refractivity contribution in [1.29, 1.82) is 5.26 Å². The van der Waals surface area contributed by atoms with Crippen LogP contribution in [0, 0.1) is 18.3 Å². The maximum absolute atomic E-state index is 9.16. The zero-order valence-corrected chi connectivity index (χ0v) is 11.2. The Hall–Kier alpha value is -2.61. The smallest absolute Gasteiger partial charge is 0.224 e. The van der Waals surface area contributed by atoms with E-state index >= 15 is 0 Å². The number of hydrogen-bond acceptors (Lipinski definition) is 5. The highest BCUT2D eigenvalue weighted by atomic mass is 15.2. The lowest BCUT2D eigenvalue weighted by Gasteiger charge is -2.21. The number of rotatable bonds is 3. The molecule has 0 aliphatic rings. The minimum Gasteiger partial charge on any atom is -0.357 e. The molecule has 1 aromatic heterocycles. The van der Waals surface area contributed by atoms with E-state index in [1.54, 1.807) is 19.3 Å². The van der Waals surface area contributed by atoms with Crippen LogP contribution in [0.15, 0.2) is 30.5 Å². The molecule has 2 aromatic rings. The molecule has 0 bridgehead atoms. The van der Waals surface area contributed by atoms with Crippen LogP contribution in [0.4, 0.5) is 17.5 Å². The maximum Gasteiger partial charge on any atom is 0.224 e. The van der Waals surface area contributed by atoms with Crippen molar-refractivity contribution in [1.82, 2.24) is 9.97 Å². The summed E-state index contributed by atoms with van der Waals surface area (Å²) in [7, 11) is 3.67. The topological polar surface area (TPSA) is 64.8 Å². The number of anilines is 3. The summed E-state index contributed by atoms with van der Waals surface area (Å²) in [6, 6.07) is 9.64. The van der Waals surface area contributed by atoms with Crippen LogP contribution in [-0.4, -0.2) is 24.1 Å². The number of hydrogen-bond donors (Lipinski definition) is 1. The van der Waals surface area contributed by atoms with Crippen molar-refractivity contribution in [3.05, 3.63) is 41.6 Å². The van der Waals surface area contributed by atoms with Gasteiger partial charge in [-0.1, -0.05) is 12.1 Å². The first kappa shape index (κ1) is 12.8. The summed E-state index contributed by atoms with van der Waals surface area (Å²) < 4.78 is 0. The highest BCUT2D eigenvalue weighted by molar-refractivity contribution is 5.68. The Labute approximate surface area is 112 Å². The lowest BCUT2D eigenvalue weighted by molar-refractivity contribution is 1.05. The predicted octanol–water partition coefficient (Wildman–Crippen LogP) is 2.47. The summed E-state index contributed by atoms with van der Waals surface area (Å²) in [5.41, 5.74) is 2.40. The van der Waals surface area contributed by atoms with Crippen LogP contribution in [0.5, 0.6) is 0 Å². The lowest BCUT2D eigenvalue weighted by Crippen LogP contribution is -2.15. The average Bonchev–Trinajstić information content (AvgIpc) is 2.47. The normalized spacial score (nSPS) is 9.79. The lowest BCUT2D eigenvalue weighted by atomic mass is 10.1. The first-order chi connectivity index (χ1) is 9.17. The molecule has 0 amide bonds. The highest BCUT2D eigenvalue weighted by Gasteiger charge is 2.13. The van der Waals surface area contributed by atoms with Crippen molar-refractivity contribution in [2.75, 3.05) is 24.3 Å². The van der Waals surface area contributed by atoms with Gasteiger partial charge in [-0.15, -0.1) is 0 Å². The van der Waals surface area contributed by atoms with Gasteiger partial charge in [0.25, 0.3) is 0 Å². The van der Waals surface area contributed by atoms with Gasteiger partial charge in [0.15, 0.2) is 0 Å². The van der Waals surface area contributed by atoms with E-state index in [4.69, 9.17) is 5.26 Å². The fourth-order valence-corrected chi connectivity index (χ4v) is 1.87. The number of aryl methyl sites for hydroxylation is 1. The number of aromatic nitrogens is 2. The Kier molecular flexibility index (Phi) is 3.62. The number of nitrogens with zero attached hydrogens (tertiary/aromatic N) is 4. The summed E-state index contributed by atoms with van der Waals surface area (Å²) in [4.78, 5) is 10.5. The zero-order chi connectivity index (χ0) is 13.8. The molecular weight excluding hydrogens is 238 g/mol. The first-order valence-corrected chi connectivity index (χ1v) is 5.91. The van der Waals surface area contributed by atoms with Gasteiger partial charge in [-0.25, -0.2) is 4.98 Å². The number of benzene rings is 1. The van der Waals surface area contributed by atoms with Gasteiger partial charge in [-0.3, -0.25) is 0 Å². The van der Waals surface area contributed by atoms with Crippen molar-refractivity contribution in [3.63, 3.8) is 0 Å². The van der Waals surface area contributed by atoms with Crippen LogP contribution >= 0.6 is 0 Å². The SMILES string of the molecule is CNc1ncc(C)c(N(C)c2ccccc2C#N)n1. The van der Waals surface area contributed by atoms with Crippen molar-refractivity contribution in [3.8, 4) is 6.07 Å². The second-order valence-electron chi connectivity index (χ2n) is 4.14. The van der Waals surface area contributed by atoms with Gasteiger partial charge < -0.3 is 10.2 Å². The molecule has 96 valence electrons. The van der Waals surface area contributed by atoms with E-state index in [1.807, 2.05) is 37.1 Å². The summed E-state index contributed by atoms with van der Waals surface area (Å²) >= 11 is 0. The molecule has 0 unspecified atom stereocenters. The van der Waals surface area contributed by atoms with E-state index in [2.05, 4.69) is 21.4 Å². The van der Waals surface area contributed by atoms with Crippen LogP contribution in [0.25, 0.3) is 0 Å². The van der Waals surface area contributed by atoms with Crippen LogP contribution in [0.1, 0.15) is 11.1 Å². The second-order valence-corrected chi connectivity index (χ2v) is 4.14. The van der Waals surface area contributed by atoms with E-state index in [0.29, 0.717) is 11.5 Å². The standard InChI is InChI=1S/C14H15N5/c1-10-9-17-14(16-2)18-13(10)19(3)12-7-5-4-6-11(12)8-15/h4-7,9H,1-3H3,(H,16,17,18). The molecule has 0 fully saturated rings. The van der Waals surface area contributed by atoms with Gasteiger partial charge in [0, 0.05) is 25.9 Å². The molecule has 0 aliphatic carbocycles. The van der Waals surface area contributed by atoms with E-state index in [0.717, 1.165) is 17.1 Å². The van der Waals surface area contributed by atoms with Crippen LogP contribution in [-0.2, 0) is 0 Å². The number of nitrogens with one attached hydrogen (secondary N) is 1. The number of nitriles is 1. The van der Waals surface area contributed by atoms with Gasteiger partial charge in [-0.05, 0) is 19.1 Å². The fourth-order valence-electron chi connectivity index (χ4n) is 1.87. The van der Waals surface area contributed by atoms with Gasteiger partial charge >= 0.3 is 0 Å². The van der Waals surface area contributed by atoms with Crippen LogP contribution in [0.2, 0.25) is 0 Å². The van der Waals surface area contributed by atoms with Crippen LogP contribution < -0.4 is 10.2 Å². The Morgan fingerprint density at radius 2 is 2.05 bits per heavy atom. The van der Waals surface area contributed by atoms with E-state index < -0.39 is 0 Å². The molecule has 1 aromatic carbocycles. The first-order valence-electron chi connectivity index (χ1n) is 5.91. The van der Waals surface area contributed by atoms with E-state index in [-0.39, 0.29) is 0 Å². The molecule has 0 atom stereocenters. The number of para-hydroxylation sites is 1. The third-order valence-electron chi connectivity index (χ3n) is 2.87. The largest absolute Gasteiger partial charge is 0.357 e. The summed E-state index contributed by atoms with van der Waals surface area (Å²) in [6.07, 6.45) is 1.76. The Bertz CT molecular complexity index is 630. The molecule has 5 nitrogen and oxygen atoms in total. The molecule has 0 saturated carbocycles. The maximum atomic E-state index is 9.16. The molecule has 5 heteroatoms. The Balaban J connectivity index is 2.50. The molecule has 0 radical (unpaired) electrons. The fraction of sp³-hybridized carbons (Fsp3) is 0.214. The molecule has 1 N–H and O–H groups in total. The van der Waals surface area contributed by atoms with Gasteiger partial charge in [0.05, 0.1) is 11.3 Å². The average molecular weight is 253 g/mol. The van der Waals surface area contributed by atoms with Crippen molar-refractivity contribution < 1.29 is 0 Å². The highest BCUT2D eigenvalue weighted by Crippen LogP contribution is 2.27. The minimum absolute atomic E-state index is 0.557. The molecular formula is C14H15N5. The quantitative estimate of drug-likeness (QED) is 0.910. The van der Waals surface area contributed by atoms with Crippen LogP contribution in [0.3, 0.4) is 0 Å². The summed E-state index contributed by atoms with van der Waals surface area (Å²) in [6.45, 7) is 1.94. The molecule has 0 saturated heterocycles. The monoisotopic (exact) mass is 253 g/mol. The van der Waals surface area contributed by atoms with E-state index in [1.165, 1.54) is 0 Å². The predicted molar refractivity (Wildman–Crippen MR) is 75.5 cm³/mol. The minimum atomic E-state index is 0.557. The van der Waals surface area contributed by atoms with Gasteiger partial charge in [-0.2, -0.15) is 10.2 Å². The second kappa shape index (κ2) is 5.36. The van der Waals surface area contributed by atoms with E-state index in [9.17, 15) is 0 Å². The van der Waals surface area contributed by atoms with Crippen molar-refractivity contribution >= 4 is 17.5 Å². The summed E-state index contributed by atoms with van der Waals surface area (Å²) in [5, 5.41) is 12.1. The Morgan fingerprint density at radius 1 is 1.32 bits per heavy atom. The third kappa shape index (κ3) is 2.47. The zero-order valence-electron chi connectivity index (χ0n) is 11.2. The van der Waals surface area contributed by atoms with Gasteiger partial charge in [0.2, 0.25) is 5.95 Å². The molecule has 0 aliphatic heterocycles. The Morgan fingerprint density at radius 3 is 2.74 bits per heavy atom. The third-order valence-corrected chi connectivity index (χ3v) is 2.87. The molecule has 1 heterocycles. The molecule has 2 rings (SSSR count). The molecule has 19 heavy (non-hydrogen) atoms. The van der Waals surface area contributed by atoms with Crippen molar-refractivity contribution in [2.24, 2.45) is 0 Å².